The van der Waals surface area contributed by atoms with Gasteiger partial charge in [0.05, 0.1) is 6.20 Å². The van der Waals surface area contributed by atoms with E-state index in [9.17, 15) is 4.79 Å². The maximum absolute atomic E-state index is 12.1. The number of aryl methyl sites for hydroxylation is 3. The lowest BCUT2D eigenvalue weighted by atomic mass is 10.0. The molecule has 0 radical (unpaired) electrons. The van der Waals surface area contributed by atoms with Gasteiger partial charge in [0.15, 0.2) is 0 Å². The number of amides is 1. The van der Waals surface area contributed by atoms with Crippen molar-refractivity contribution in [2.75, 3.05) is 11.1 Å². The lowest BCUT2D eigenvalue weighted by molar-refractivity contribution is 0.102. The van der Waals surface area contributed by atoms with Crippen molar-refractivity contribution in [3.63, 3.8) is 0 Å². The summed E-state index contributed by atoms with van der Waals surface area (Å²) in [5.41, 5.74) is 8.92. The quantitative estimate of drug-likeness (QED) is 0.792. The first-order valence-corrected chi connectivity index (χ1v) is 5.65. The minimum Gasteiger partial charge on any atom is -0.398 e. The topological polar surface area (TPSA) is 72.9 Å². The number of carbonyl (C=O) groups excluding carboxylic acids is 1. The second-order valence-electron chi connectivity index (χ2n) is 4.32. The highest BCUT2D eigenvalue weighted by molar-refractivity contribution is 6.05. The zero-order valence-corrected chi connectivity index (χ0v) is 10.7. The van der Waals surface area contributed by atoms with Crippen LogP contribution in [0.4, 0.5) is 11.5 Å². The third-order valence-electron chi connectivity index (χ3n) is 2.92. The first kappa shape index (κ1) is 12.2. The summed E-state index contributed by atoms with van der Waals surface area (Å²) in [6.45, 7) is 3.82. The van der Waals surface area contributed by atoms with Gasteiger partial charge in [-0.15, -0.1) is 0 Å². The second-order valence-corrected chi connectivity index (χ2v) is 4.32. The molecule has 0 unspecified atom stereocenters. The third kappa shape index (κ3) is 2.20. The normalized spacial score (nSPS) is 10.4. The fourth-order valence-electron chi connectivity index (χ4n) is 1.79. The van der Waals surface area contributed by atoms with E-state index in [-0.39, 0.29) is 5.91 Å². The molecule has 0 bridgehead atoms. The number of nitrogens with one attached hydrogen (secondary N) is 1. The SMILES string of the molecule is Cc1cc(C)c(C(=O)Nc2ccnn2C)cc1N. The van der Waals surface area contributed by atoms with E-state index in [0.717, 1.165) is 11.1 Å². The van der Waals surface area contributed by atoms with Gasteiger partial charge in [0.2, 0.25) is 0 Å². The van der Waals surface area contributed by atoms with Gasteiger partial charge in [-0.25, -0.2) is 0 Å². The van der Waals surface area contributed by atoms with Gasteiger partial charge in [0, 0.05) is 24.4 Å². The molecule has 5 nitrogen and oxygen atoms in total. The number of hydrogen-bond acceptors (Lipinski definition) is 3. The fourth-order valence-corrected chi connectivity index (χ4v) is 1.79. The van der Waals surface area contributed by atoms with Gasteiger partial charge in [0.1, 0.15) is 5.82 Å². The van der Waals surface area contributed by atoms with E-state index in [1.807, 2.05) is 19.9 Å². The number of anilines is 2. The molecular formula is C13H16N4O. The van der Waals surface area contributed by atoms with Gasteiger partial charge in [0.25, 0.3) is 5.91 Å². The molecule has 3 N–H and O–H groups in total. The number of rotatable bonds is 2. The average Bonchev–Trinajstić information content (AvgIpc) is 2.69. The van der Waals surface area contributed by atoms with Crippen LogP contribution in [-0.2, 0) is 7.05 Å². The van der Waals surface area contributed by atoms with Gasteiger partial charge in [-0.05, 0) is 31.0 Å². The highest BCUT2D eigenvalue weighted by atomic mass is 16.1. The van der Waals surface area contributed by atoms with Crippen molar-refractivity contribution in [3.05, 3.63) is 41.1 Å². The summed E-state index contributed by atoms with van der Waals surface area (Å²) >= 11 is 0. The summed E-state index contributed by atoms with van der Waals surface area (Å²) in [6, 6.07) is 5.36. The number of benzene rings is 1. The van der Waals surface area contributed by atoms with E-state index in [1.54, 1.807) is 30.1 Å². The smallest absolute Gasteiger partial charge is 0.257 e. The molecule has 5 heteroatoms. The molecule has 1 amide bonds. The number of nitrogen functional groups attached to an aromatic ring is 1. The molecule has 0 fully saturated rings. The van der Waals surface area contributed by atoms with Crippen molar-refractivity contribution in [2.45, 2.75) is 13.8 Å². The predicted molar refractivity (Wildman–Crippen MR) is 71.5 cm³/mol. The van der Waals surface area contributed by atoms with Crippen LogP contribution in [0.15, 0.2) is 24.4 Å². The number of nitrogens with zero attached hydrogens (tertiary/aromatic N) is 2. The van der Waals surface area contributed by atoms with Crippen LogP contribution in [0.25, 0.3) is 0 Å². The van der Waals surface area contributed by atoms with Gasteiger partial charge in [-0.3, -0.25) is 9.48 Å². The van der Waals surface area contributed by atoms with Crippen LogP contribution in [0.5, 0.6) is 0 Å². The maximum Gasteiger partial charge on any atom is 0.257 e. The van der Waals surface area contributed by atoms with E-state index in [1.165, 1.54) is 0 Å². The molecule has 0 aliphatic heterocycles. The first-order valence-electron chi connectivity index (χ1n) is 5.65. The largest absolute Gasteiger partial charge is 0.398 e. The average molecular weight is 244 g/mol. The molecule has 1 heterocycles. The van der Waals surface area contributed by atoms with Gasteiger partial charge < -0.3 is 11.1 Å². The molecule has 94 valence electrons. The highest BCUT2D eigenvalue weighted by Crippen LogP contribution is 2.19. The van der Waals surface area contributed by atoms with Crippen LogP contribution < -0.4 is 11.1 Å². The Hall–Kier alpha value is -2.30. The summed E-state index contributed by atoms with van der Waals surface area (Å²) in [6.07, 6.45) is 1.63. The Bertz CT molecular complexity index is 601. The van der Waals surface area contributed by atoms with Crippen molar-refractivity contribution in [3.8, 4) is 0 Å². The lowest BCUT2D eigenvalue weighted by Gasteiger charge is -2.10. The van der Waals surface area contributed by atoms with Crippen LogP contribution >= 0.6 is 0 Å². The molecule has 0 saturated carbocycles. The standard InChI is InChI=1S/C13H16N4O/c1-8-6-9(2)11(14)7-10(8)13(18)16-12-4-5-15-17(12)3/h4-7H,14H2,1-3H3,(H,16,18). The minimum absolute atomic E-state index is 0.178. The Morgan fingerprint density at radius 1 is 1.33 bits per heavy atom. The van der Waals surface area contributed by atoms with Crippen LogP contribution in [0.2, 0.25) is 0 Å². The van der Waals surface area contributed by atoms with Crippen LogP contribution in [0, 0.1) is 13.8 Å². The summed E-state index contributed by atoms with van der Waals surface area (Å²) in [7, 11) is 1.77. The van der Waals surface area contributed by atoms with Crippen molar-refractivity contribution in [2.24, 2.45) is 7.05 Å². The molecule has 1 aromatic carbocycles. The number of carbonyl (C=O) groups is 1. The van der Waals surface area contributed by atoms with E-state index >= 15 is 0 Å². The first-order chi connectivity index (χ1) is 8.49. The monoisotopic (exact) mass is 244 g/mol. The van der Waals surface area contributed by atoms with Crippen molar-refractivity contribution < 1.29 is 4.79 Å². The summed E-state index contributed by atoms with van der Waals surface area (Å²) in [5, 5.41) is 6.79. The zero-order valence-electron chi connectivity index (χ0n) is 10.7. The Balaban J connectivity index is 2.30. The predicted octanol–water partition coefficient (Wildman–Crippen LogP) is 1.87. The number of hydrogen-bond donors (Lipinski definition) is 2. The number of nitrogens with two attached hydrogens (primary N) is 1. The molecule has 0 spiro atoms. The summed E-state index contributed by atoms with van der Waals surface area (Å²) in [4.78, 5) is 12.1. The fraction of sp³-hybridized carbons (Fsp3) is 0.231. The van der Waals surface area contributed by atoms with Crippen LogP contribution in [-0.4, -0.2) is 15.7 Å². The van der Waals surface area contributed by atoms with Crippen molar-refractivity contribution >= 4 is 17.4 Å². The number of aromatic nitrogens is 2. The maximum atomic E-state index is 12.1. The molecule has 0 aliphatic carbocycles. The highest BCUT2D eigenvalue weighted by Gasteiger charge is 2.12. The Morgan fingerprint density at radius 2 is 2.06 bits per heavy atom. The zero-order chi connectivity index (χ0) is 13.3. The Kier molecular flexibility index (Phi) is 3.06. The summed E-state index contributed by atoms with van der Waals surface area (Å²) in [5.74, 6) is 0.473. The van der Waals surface area contributed by atoms with Gasteiger partial charge in [-0.2, -0.15) is 5.10 Å². The molecule has 2 aromatic rings. The Labute approximate surface area is 106 Å². The van der Waals surface area contributed by atoms with Crippen molar-refractivity contribution in [1.29, 1.82) is 0 Å². The molecule has 2 rings (SSSR count). The van der Waals surface area contributed by atoms with E-state index in [2.05, 4.69) is 10.4 Å². The van der Waals surface area contributed by atoms with Crippen molar-refractivity contribution in [1.82, 2.24) is 9.78 Å². The van der Waals surface area contributed by atoms with E-state index in [4.69, 9.17) is 5.73 Å². The van der Waals surface area contributed by atoms with Crippen LogP contribution in [0.1, 0.15) is 21.5 Å². The molecule has 1 aromatic heterocycles. The van der Waals surface area contributed by atoms with Crippen LogP contribution in [0.3, 0.4) is 0 Å². The molecule has 0 atom stereocenters. The minimum atomic E-state index is -0.178. The molecule has 0 saturated heterocycles. The van der Waals surface area contributed by atoms with Gasteiger partial charge >= 0.3 is 0 Å². The molecular weight excluding hydrogens is 228 g/mol. The van der Waals surface area contributed by atoms with E-state index < -0.39 is 0 Å². The Morgan fingerprint density at radius 3 is 2.67 bits per heavy atom. The van der Waals surface area contributed by atoms with E-state index in [0.29, 0.717) is 17.1 Å². The second kappa shape index (κ2) is 4.52. The molecule has 18 heavy (non-hydrogen) atoms. The van der Waals surface area contributed by atoms with Gasteiger partial charge in [-0.1, -0.05) is 6.07 Å². The lowest BCUT2D eigenvalue weighted by Crippen LogP contribution is -2.16. The summed E-state index contributed by atoms with van der Waals surface area (Å²) < 4.78 is 1.60. The molecule has 0 aliphatic rings. The third-order valence-corrected chi connectivity index (χ3v) is 2.92.